The maximum atomic E-state index is 11.9. The van der Waals surface area contributed by atoms with Crippen LogP contribution < -0.4 is 14.9 Å². The summed E-state index contributed by atoms with van der Waals surface area (Å²) >= 11 is 13.6. The minimum absolute atomic E-state index is 0.0170. The summed E-state index contributed by atoms with van der Waals surface area (Å²) < 4.78 is 11.2. The van der Waals surface area contributed by atoms with Gasteiger partial charge < -0.3 is 9.47 Å². The van der Waals surface area contributed by atoms with Crippen molar-refractivity contribution in [3.63, 3.8) is 0 Å². The van der Waals surface area contributed by atoms with Crippen LogP contribution >= 0.6 is 35.0 Å². The number of carbonyl (C=O) groups excluding carboxylic acids is 1. The van der Waals surface area contributed by atoms with Crippen LogP contribution in [-0.2, 0) is 4.79 Å². The van der Waals surface area contributed by atoms with Crippen molar-refractivity contribution in [3.05, 3.63) is 52.0 Å². The SMILES string of the molecule is CC[C@@H](C)Oc1c(Cl)cc(/C=N\NC(=O)CSc2ccc(Cl)cc2)cc1OC. The Morgan fingerprint density at radius 2 is 2.00 bits per heavy atom. The third-order valence-electron chi connectivity index (χ3n) is 3.73. The first-order chi connectivity index (χ1) is 13.4. The molecule has 8 heteroatoms. The van der Waals surface area contributed by atoms with Crippen molar-refractivity contribution in [1.82, 2.24) is 5.43 Å². The number of hydrazone groups is 1. The van der Waals surface area contributed by atoms with Crippen molar-refractivity contribution in [3.8, 4) is 11.5 Å². The monoisotopic (exact) mass is 440 g/mol. The van der Waals surface area contributed by atoms with E-state index in [9.17, 15) is 4.79 Å². The van der Waals surface area contributed by atoms with E-state index in [0.29, 0.717) is 27.1 Å². The summed E-state index contributed by atoms with van der Waals surface area (Å²) in [5, 5.41) is 5.06. The highest BCUT2D eigenvalue weighted by Gasteiger charge is 2.14. The predicted molar refractivity (Wildman–Crippen MR) is 116 cm³/mol. The van der Waals surface area contributed by atoms with E-state index in [4.69, 9.17) is 32.7 Å². The molecule has 0 aliphatic rings. The lowest BCUT2D eigenvalue weighted by molar-refractivity contribution is -0.118. The van der Waals surface area contributed by atoms with E-state index in [0.717, 1.165) is 11.3 Å². The molecule has 1 amide bonds. The Morgan fingerprint density at radius 3 is 2.64 bits per heavy atom. The van der Waals surface area contributed by atoms with E-state index >= 15 is 0 Å². The third kappa shape index (κ3) is 6.93. The van der Waals surface area contributed by atoms with Crippen LogP contribution in [0.3, 0.4) is 0 Å². The van der Waals surface area contributed by atoms with Gasteiger partial charge in [-0.1, -0.05) is 30.1 Å². The Labute approximate surface area is 179 Å². The van der Waals surface area contributed by atoms with Crippen LogP contribution in [0.2, 0.25) is 10.0 Å². The molecule has 0 fully saturated rings. The van der Waals surface area contributed by atoms with Crippen molar-refractivity contribution in [2.45, 2.75) is 31.3 Å². The van der Waals surface area contributed by atoms with Crippen LogP contribution in [0.15, 0.2) is 46.4 Å². The van der Waals surface area contributed by atoms with Gasteiger partial charge in [-0.05, 0) is 55.3 Å². The second-order valence-corrected chi connectivity index (χ2v) is 7.80. The lowest BCUT2D eigenvalue weighted by atomic mass is 10.2. The second-order valence-electron chi connectivity index (χ2n) is 5.91. The molecule has 1 N–H and O–H groups in total. The highest BCUT2D eigenvalue weighted by Crippen LogP contribution is 2.37. The second kappa shape index (κ2) is 11.2. The quantitative estimate of drug-likeness (QED) is 0.321. The number of thioether (sulfide) groups is 1. The molecule has 2 rings (SSSR count). The molecular formula is C20H22Cl2N2O3S. The van der Waals surface area contributed by atoms with Crippen LogP contribution in [0.25, 0.3) is 0 Å². The molecule has 0 bridgehead atoms. The first-order valence-corrected chi connectivity index (χ1v) is 10.4. The van der Waals surface area contributed by atoms with Crippen LogP contribution in [0, 0.1) is 0 Å². The molecule has 2 aromatic rings. The molecule has 0 aliphatic carbocycles. The number of hydrogen-bond acceptors (Lipinski definition) is 5. The predicted octanol–water partition coefficient (Wildman–Crippen LogP) is 5.42. The van der Waals surface area contributed by atoms with E-state index in [-0.39, 0.29) is 17.8 Å². The first kappa shape index (κ1) is 22.4. The summed E-state index contributed by atoms with van der Waals surface area (Å²) in [5.41, 5.74) is 3.18. The van der Waals surface area contributed by atoms with E-state index in [1.54, 1.807) is 31.4 Å². The fraction of sp³-hybridized carbons (Fsp3) is 0.300. The van der Waals surface area contributed by atoms with Gasteiger partial charge in [0.1, 0.15) is 0 Å². The van der Waals surface area contributed by atoms with E-state index in [1.165, 1.54) is 18.0 Å². The number of rotatable bonds is 9. The van der Waals surface area contributed by atoms with Crippen molar-refractivity contribution in [1.29, 1.82) is 0 Å². The van der Waals surface area contributed by atoms with Gasteiger partial charge in [0.25, 0.3) is 0 Å². The number of halogens is 2. The normalized spacial score (nSPS) is 12.0. The molecule has 0 saturated heterocycles. The summed E-state index contributed by atoms with van der Waals surface area (Å²) in [6, 6.07) is 10.8. The van der Waals surface area contributed by atoms with Crippen LogP contribution in [0.1, 0.15) is 25.8 Å². The zero-order valence-electron chi connectivity index (χ0n) is 15.9. The fourth-order valence-corrected chi connectivity index (χ4v) is 3.18. The number of nitrogens with one attached hydrogen (secondary N) is 1. The number of benzene rings is 2. The van der Waals surface area contributed by atoms with E-state index in [1.807, 2.05) is 26.0 Å². The van der Waals surface area contributed by atoms with Crippen molar-refractivity contribution >= 4 is 47.1 Å². The summed E-state index contributed by atoms with van der Waals surface area (Å²) in [4.78, 5) is 12.9. The number of carbonyl (C=O) groups is 1. The highest BCUT2D eigenvalue weighted by atomic mass is 35.5. The molecule has 0 heterocycles. The zero-order valence-corrected chi connectivity index (χ0v) is 18.2. The van der Waals surface area contributed by atoms with Gasteiger partial charge in [0, 0.05) is 9.92 Å². The Morgan fingerprint density at radius 1 is 1.29 bits per heavy atom. The van der Waals surface area contributed by atoms with Crippen molar-refractivity contribution in [2.24, 2.45) is 5.10 Å². The standard InChI is InChI=1S/C20H22Cl2N2O3S/c1-4-13(2)27-20-17(22)9-14(10-18(20)26-3)11-23-24-19(25)12-28-16-7-5-15(21)6-8-16/h5-11,13H,4,12H2,1-3H3,(H,24,25)/b23-11-/t13-/m1/s1. The molecule has 28 heavy (non-hydrogen) atoms. The Hall–Kier alpha value is -1.89. The maximum Gasteiger partial charge on any atom is 0.250 e. The molecule has 1 atom stereocenters. The van der Waals surface area contributed by atoms with E-state index < -0.39 is 0 Å². The largest absolute Gasteiger partial charge is 0.493 e. The molecule has 0 radical (unpaired) electrons. The topological polar surface area (TPSA) is 59.9 Å². The smallest absolute Gasteiger partial charge is 0.250 e. The minimum Gasteiger partial charge on any atom is -0.493 e. The molecule has 0 unspecified atom stereocenters. The average molecular weight is 441 g/mol. The van der Waals surface area contributed by atoms with Gasteiger partial charge in [-0.15, -0.1) is 11.8 Å². The summed E-state index contributed by atoms with van der Waals surface area (Å²) in [6.07, 6.45) is 2.37. The molecule has 2 aromatic carbocycles. The van der Waals surface area contributed by atoms with Gasteiger partial charge in [-0.25, -0.2) is 5.43 Å². The summed E-state index contributed by atoms with van der Waals surface area (Å²) in [7, 11) is 1.55. The van der Waals surface area contributed by atoms with Gasteiger partial charge in [-0.3, -0.25) is 4.79 Å². The van der Waals surface area contributed by atoms with Gasteiger partial charge >= 0.3 is 0 Å². The lowest BCUT2D eigenvalue weighted by Crippen LogP contribution is -2.19. The molecule has 0 spiro atoms. The molecule has 0 saturated carbocycles. The molecule has 0 aromatic heterocycles. The number of methoxy groups -OCH3 is 1. The van der Waals surface area contributed by atoms with Gasteiger partial charge in [0.15, 0.2) is 11.5 Å². The van der Waals surface area contributed by atoms with Crippen molar-refractivity contribution < 1.29 is 14.3 Å². The molecular weight excluding hydrogens is 419 g/mol. The van der Waals surface area contributed by atoms with Crippen molar-refractivity contribution in [2.75, 3.05) is 12.9 Å². The first-order valence-electron chi connectivity index (χ1n) is 8.67. The Bertz CT molecular complexity index is 829. The van der Waals surface area contributed by atoms with Gasteiger partial charge in [0.2, 0.25) is 5.91 Å². The third-order valence-corrected chi connectivity index (χ3v) is 5.28. The van der Waals surface area contributed by atoms with Gasteiger partial charge in [0.05, 0.1) is 30.2 Å². The molecule has 0 aliphatic heterocycles. The Balaban J connectivity index is 1.94. The highest BCUT2D eigenvalue weighted by molar-refractivity contribution is 8.00. The van der Waals surface area contributed by atoms with Crippen LogP contribution in [0.4, 0.5) is 0 Å². The van der Waals surface area contributed by atoms with Gasteiger partial charge in [-0.2, -0.15) is 5.10 Å². The average Bonchev–Trinajstić information content (AvgIpc) is 2.69. The number of hydrogen-bond donors (Lipinski definition) is 1. The Kier molecular flexibility index (Phi) is 8.96. The van der Waals surface area contributed by atoms with Crippen LogP contribution in [0.5, 0.6) is 11.5 Å². The number of amides is 1. The minimum atomic E-state index is -0.217. The fourth-order valence-electron chi connectivity index (χ4n) is 2.10. The lowest BCUT2D eigenvalue weighted by Gasteiger charge is -2.17. The summed E-state index contributed by atoms with van der Waals surface area (Å²) in [5.74, 6) is 1.04. The molecule has 5 nitrogen and oxygen atoms in total. The maximum absolute atomic E-state index is 11.9. The van der Waals surface area contributed by atoms with E-state index in [2.05, 4.69) is 10.5 Å². The number of ether oxygens (including phenoxy) is 2. The zero-order chi connectivity index (χ0) is 20.5. The number of nitrogens with zero attached hydrogens (tertiary/aromatic N) is 1. The van der Waals surface area contributed by atoms with Crippen LogP contribution in [-0.4, -0.2) is 31.1 Å². The summed E-state index contributed by atoms with van der Waals surface area (Å²) in [6.45, 7) is 3.99. The molecule has 150 valence electrons.